The third-order valence-corrected chi connectivity index (χ3v) is 5.51. The normalized spacial score (nSPS) is 11.5. The summed E-state index contributed by atoms with van der Waals surface area (Å²) in [7, 11) is 0. The van der Waals surface area contributed by atoms with Crippen molar-refractivity contribution in [1.82, 2.24) is 5.32 Å². The number of nitrogens with one attached hydrogen (secondary N) is 3. The van der Waals surface area contributed by atoms with E-state index in [0.29, 0.717) is 5.84 Å². The second-order valence-electron chi connectivity index (χ2n) is 8.58. The molecule has 0 fully saturated rings. The largest absolute Gasteiger partial charge is 0.461 e. The zero-order valence-electron chi connectivity index (χ0n) is 18.6. The van der Waals surface area contributed by atoms with E-state index in [1.807, 2.05) is 56.3 Å². The summed E-state index contributed by atoms with van der Waals surface area (Å²) >= 11 is 0. The van der Waals surface area contributed by atoms with E-state index in [1.54, 1.807) is 0 Å². The first-order chi connectivity index (χ1) is 15.4. The first kappa shape index (κ1) is 21.7. The van der Waals surface area contributed by atoms with Gasteiger partial charge in [-0.3, -0.25) is 10.8 Å². The Morgan fingerprint density at radius 1 is 0.812 bits per heavy atom. The molecular formula is C26H30N4O2. The summed E-state index contributed by atoms with van der Waals surface area (Å²) in [6, 6.07) is 15.9. The van der Waals surface area contributed by atoms with Crippen molar-refractivity contribution in [3.05, 3.63) is 71.2 Å². The summed E-state index contributed by atoms with van der Waals surface area (Å²) in [4.78, 5) is 0. The minimum absolute atomic E-state index is 0.0713. The highest BCUT2D eigenvalue weighted by Gasteiger charge is 2.09. The fourth-order valence-corrected chi connectivity index (χ4v) is 3.91. The lowest BCUT2D eigenvalue weighted by Gasteiger charge is -2.10. The number of fused-ring (bicyclic) bond motifs is 2. The molecule has 0 amide bonds. The maximum absolute atomic E-state index is 8.17. The van der Waals surface area contributed by atoms with Crippen LogP contribution in [0.1, 0.15) is 55.8 Å². The van der Waals surface area contributed by atoms with Crippen molar-refractivity contribution in [3.8, 4) is 0 Å². The van der Waals surface area contributed by atoms with Gasteiger partial charge in [0.05, 0.1) is 0 Å². The van der Waals surface area contributed by atoms with E-state index in [2.05, 4.69) is 11.4 Å². The fraction of sp³-hybridized carbons (Fsp3) is 0.308. The lowest BCUT2D eigenvalue weighted by atomic mass is 10.1. The molecule has 0 saturated carbocycles. The number of hydrogen-bond donors (Lipinski definition) is 4. The molecule has 2 aromatic carbocycles. The molecular weight excluding hydrogens is 400 g/mol. The van der Waals surface area contributed by atoms with Crippen LogP contribution in [0.4, 0.5) is 0 Å². The Labute approximate surface area is 187 Å². The average Bonchev–Trinajstić information content (AvgIpc) is 3.34. The monoisotopic (exact) mass is 430 g/mol. The van der Waals surface area contributed by atoms with E-state index in [1.165, 1.54) is 0 Å². The van der Waals surface area contributed by atoms with Crippen molar-refractivity contribution < 1.29 is 8.83 Å². The summed E-state index contributed by atoms with van der Waals surface area (Å²) < 4.78 is 11.9. The predicted molar refractivity (Wildman–Crippen MR) is 130 cm³/mol. The highest BCUT2D eigenvalue weighted by Crippen LogP contribution is 2.24. The number of nitrogens with two attached hydrogens (primary N) is 1. The van der Waals surface area contributed by atoms with Gasteiger partial charge in [-0.05, 0) is 75.2 Å². The van der Waals surface area contributed by atoms with Crippen molar-refractivity contribution in [2.24, 2.45) is 5.73 Å². The van der Waals surface area contributed by atoms with E-state index in [-0.39, 0.29) is 11.9 Å². The molecule has 6 nitrogen and oxygen atoms in total. The van der Waals surface area contributed by atoms with Gasteiger partial charge in [0.15, 0.2) is 0 Å². The van der Waals surface area contributed by atoms with Gasteiger partial charge < -0.3 is 19.9 Å². The molecule has 0 unspecified atom stereocenters. The second kappa shape index (κ2) is 9.30. The zero-order valence-corrected chi connectivity index (χ0v) is 18.6. The van der Waals surface area contributed by atoms with Gasteiger partial charge in [-0.2, -0.15) is 0 Å². The van der Waals surface area contributed by atoms with Gasteiger partial charge in [0.2, 0.25) is 0 Å². The van der Waals surface area contributed by atoms with Crippen LogP contribution in [-0.4, -0.2) is 17.7 Å². The Morgan fingerprint density at radius 2 is 1.34 bits per heavy atom. The highest BCUT2D eigenvalue weighted by molar-refractivity contribution is 6.00. The summed E-state index contributed by atoms with van der Waals surface area (Å²) in [5, 5.41) is 20.9. The van der Waals surface area contributed by atoms with Crippen LogP contribution in [0.15, 0.2) is 57.4 Å². The van der Waals surface area contributed by atoms with Crippen LogP contribution in [0.2, 0.25) is 0 Å². The van der Waals surface area contributed by atoms with Crippen molar-refractivity contribution in [1.29, 1.82) is 10.8 Å². The maximum atomic E-state index is 8.17. The summed E-state index contributed by atoms with van der Waals surface area (Å²) in [5.74, 6) is 2.46. The molecule has 0 radical (unpaired) electrons. The molecule has 0 aliphatic carbocycles. The van der Waals surface area contributed by atoms with Crippen LogP contribution >= 0.6 is 0 Å². The number of amidine groups is 2. The Morgan fingerprint density at radius 3 is 1.88 bits per heavy atom. The molecule has 0 bridgehead atoms. The van der Waals surface area contributed by atoms with Gasteiger partial charge in [-0.15, -0.1) is 0 Å². The number of benzene rings is 2. The molecule has 2 aromatic heterocycles. The van der Waals surface area contributed by atoms with Crippen molar-refractivity contribution >= 4 is 33.6 Å². The number of furan rings is 2. The lowest BCUT2D eigenvalue weighted by Crippen LogP contribution is -2.30. The minimum atomic E-state index is 0.0713. The molecule has 4 rings (SSSR count). The van der Waals surface area contributed by atoms with Gasteiger partial charge in [-0.25, -0.2) is 0 Å². The van der Waals surface area contributed by atoms with E-state index >= 15 is 0 Å². The van der Waals surface area contributed by atoms with Gasteiger partial charge in [0, 0.05) is 40.8 Å². The third kappa shape index (κ3) is 5.02. The van der Waals surface area contributed by atoms with E-state index in [9.17, 15) is 0 Å². The third-order valence-electron chi connectivity index (χ3n) is 5.51. The predicted octanol–water partition coefficient (Wildman–Crippen LogP) is 5.74. The van der Waals surface area contributed by atoms with Gasteiger partial charge in [0.1, 0.15) is 34.4 Å². The quantitative estimate of drug-likeness (QED) is 0.154. The molecule has 166 valence electrons. The number of hydrogen-bond acceptors (Lipinski definition) is 4. The number of nitrogen functional groups attached to an aromatic ring is 1. The summed E-state index contributed by atoms with van der Waals surface area (Å²) in [5.41, 5.74) is 8.87. The van der Waals surface area contributed by atoms with Gasteiger partial charge >= 0.3 is 0 Å². The Bertz CT molecular complexity index is 1270. The topological polar surface area (TPSA) is 112 Å². The van der Waals surface area contributed by atoms with Crippen molar-refractivity contribution in [2.45, 2.75) is 52.0 Å². The molecule has 2 heterocycles. The second-order valence-corrected chi connectivity index (χ2v) is 8.58. The average molecular weight is 431 g/mol. The molecule has 32 heavy (non-hydrogen) atoms. The van der Waals surface area contributed by atoms with E-state index < -0.39 is 0 Å². The Hall–Kier alpha value is -3.54. The lowest BCUT2D eigenvalue weighted by molar-refractivity contribution is 0.509. The molecule has 5 N–H and O–H groups in total. The SMILES string of the molecule is CC(C)NC(=N)c1ccc2oc(CCCCCc3cc4cc(C(=N)N)ccc4o3)cc2c1. The molecule has 6 heteroatoms. The fourth-order valence-electron chi connectivity index (χ4n) is 3.91. The van der Waals surface area contributed by atoms with Crippen LogP contribution in [0.25, 0.3) is 21.9 Å². The number of rotatable bonds is 9. The molecule has 0 spiro atoms. The molecule has 4 aromatic rings. The van der Waals surface area contributed by atoms with Crippen LogP contribution in [0, 0.1) is 10.8 Å². The highest BCUT2D eigenvalue weighted by atomic mass is 16.3. The number of aryl methyl sites for hydroxylation is 2. The Kier molecular flexibility index (Phi) is 6.30. The first-order valence-corrected chi connectivity index (χ1v) is 11.1. The first-order valence-electron chi connectivity index (χ1n) is 11.1. The summed E-state index contributed by atoms with van der Waals surface area (Å²) in [6.45, 7) is 4.06. The van der Waals surface area contributed by atoms with Gasteiger partial charge in [0.25, 0.3) is 0 Å². The van der Waals surface area contributed by atoms with Crippen LogP contribution < -0.4 is 11.1 Å². The van der Waals surface area contributed by atoms with Gasteiger partial charge in [-0.1, -0.05) is 6.42 Å². The number of unbranched alkanes of at least 4 members (excludes halogenated alkanes) is 2. The molecule has 0 aliphatic heterocycles. The Balaban J connectivity index is 1.28. The molecule has 0 aliphatic rings. The van der Waals surface area contributed by atoms with E-state index in [0.717, 1.165) is 76.7 Å². The van der Waals surface area contributed by atoms with Crippen LogP contribution in [0.5, 0.6) is 0 Å². The summed E-state index contributed by atoms with van der Waals surface area (Å²) in [6.07, 6.45) is 4.96. The molecule has 0 saturated heterocycles. The van der Waals surface area contributed by atoms with Crippen LogP contribution in [-0.2, 0) is 12.8 Å². The van der Waals surface area contributed by atoms with E-state index in [4.69, 9.17) is 25.4 Å². The standard InChI is InChI=1S/C26H30N4O2/c1-16(2)30-26(29)18-9-11-24-20(13-18)15-22(32-24)7-5-3-4-6-21-14-19-12-17(25(27)28)8-10-23(19)31-21/h8-16H,3-7H2,1-2H3,(H3,27,28)(H2,29,30). The maximum Gasteiger partial charge on any atom is 0.134 e. The van der Waals surface area contributed by atoms with Crippen molar-refractivity contribution in [2.75, 3.05) is 0 Å². The molecule has 0 atom stereocenters. The van der Waals surface area contributed by atoms with Crippen molar-refractivity contribution in [3.63, 3.8) is 0 Å². The minimum Gasteiger partial charge on any atom is -0.461 e. The zero-order chi connectivity index (χ0) is 22.7. The van der Waals surface area contributed by atoms with Crippen LogP contribution in [0.3, 0.4) is 0 Å². The smallest absolute Gasteiger partial charge is 0.134 e.